The molecule has 2 fully saturated rings. The van der Waals surface area contributed by atoms with Crippen molar-refractivity contribution in [3.8, 4) is 5.75 Å². The molecule has 0 spiro atoms. The van der Waals surface area contributed by atoms with Crippen molar-refractivity contribution in [3.05, 3.63) is 58.1 Å². The van der Waals surface area contributed by atoms with Gasteiger partial charge in [-0.15, -0.1) is 0 Å². The molecule has 2 aromatic carbocycles. The molecule has 2 aliphatic rings. The van der Waals surface area contributed by atoms with Crippen LogP contribution in [0.5, 0.6) is 5.75 Å². The number of piperazine rings is 1. The van der Waals surface area contributed by atoms with Gasteiger partial charge >= 0.3 is 0 Å². The molecule has 4 rings (SSSR count). The monoisotopic (exact) mass is 414 g/mol. The Labute approximate surface area is 165 Å². The normalized spacial score (nSPS) is 23.1. The highest BCUT2D eigenvalue weighted by Gasteiger charge is 2.39. The Hall–Kier alpha value is -1.52. The van der Waals surface area contributed by atoms with Crippen LogP contribution in [-0.2, 0) is 0 Å². The van der Waals surface area contributed by atoms with Crippen LogP contribution in [0.25, 0.3) is 0 Å². The number of hydrogen-bond donors (Lipinski definition) is 0. The summed E-state index contributed by atoms with van der Waals surface area (Å²) in [6.07, 6.45) is 1.35. The Morgan fingerprint density at radius 2 is 1.77 bits per heavy atom. The fourth-order valence-corrected chi connectivity index (χ4v) is 4.45. The van der Waals surface area contributed by atoms with E-state index in [2.05, 4.69) is 75.1 Å². The highest BCUT2D eigenvalue weighted by molar-refractivity contribution is 9.10. The lowest BCUT2D eigenvalue weighted by Gasteiger charge is -2.36. The van der Waals surface area contributed by atoms with E-state index in [4.69, 9.17) is 4.74 Å². The van der Waals surface area contributed by atoms with Crippen molar-refractivity contribution < 1.29 is 4.74 Å². The third-order valence-corrected chi connectivity index (χ3v) is 6.45. The molecule has 3 nitrogen and oxygen atoms in total. The highest BCUT2D eigenvalue weighted by atomic mass is 79.9. The van der Waals surface area contributed by atoms with Gasteiger partial charge in [-0.3, -0.25) is 4.90 Å². The van der Waals surface area contributed by atoms with E-state index in [-0.39, 0.29) is 0 Å². The fraction of sp³-hybridized carbons (Fsp3) is 0.455. The van der Waals surface area contributed by atoms with Crippen molar-refractivity contribution in [1.82, 2.24) is 4.90 Å². The van der Waals surface area contributed by atoms with Crippen LogP contribution in [0.2, 0.25) is 0 Å². The van der Waals surface area contributed by atoms with E-state index in [9.17, 15) is 0 Å². The van der Waals surface area contributed by atoms with E-state index in [0.717, 1.165) is 48.2 Å². The molecule has 1 heterocycles. The molecule has 0 amide bonds. The second-order valence-corrected chi connectivity index (χ2v) is 8.47. The minimum atomic E-state index is 0.782. The Morgan fingerprint density at radius 3 is 2.46 bits per heavy atom. The highest BCUT2D eigenvalue weighted by Crippen LogP contribution is 2.47. The summed E-state index contributed by atoms with van der Waals surface area (Å²) >= 11 is 3.54. The zero-order valence-electron chi connectivity index (χ0n) is 15.6. The number of methoxy groups -OCH3 is 1. The van der Waals surface area contributed by atoms with Crippen molar-refractivity contribution in [1.29, 1.82) is 0 Å². The first-order valence-electron chi connectivity index (χ1n) is 9.51. The lowest BCUT2D eigenvalue weighted by molar-refractivity contribution is 0.246. The summed E-state index contributed by atoms with van der Waals surface area (Å²) in [5, 5.41) is 0. The minimum absolute atomic E-state index is 0.782. The molecule has 1 saturated heterocycles. The standard InChI is InChI=1S/C22H27BrN2O/c1-16-3-5-17(6-4-16)20-13-18(20)15-24-9-11-25(12-10-24)19-7-8-21(23)22(14-19)26-2/h3-8,14,18,20H,9-13,15H2,1-2H3. The van der Waals surface area contributed by atoms with Gasteiger partial charge in [0.1, 0.15) is 5.75 Å². The van der Waals surface area contributed by atoms with Gasteiger partial charge in [0, 0.05) is 44.5 Å². The number of nitrogens with zero attached hydrogens (tertiary/aromatic N) is 2. The second-order valence-electron chi connectivity index (χ2n) is 7.62. The Balaban J connectivity index is 1.29. The average molecular weight is 415 g/mol. The van der Waals surface area contributed by atoms with Gasteiger partial charge in [-0.1, -0.05) is 29.8 Å². The smallest absolute Gasteiger partial charge is 0.135 e. The van der Waals surface area contributed by atoms with E-state index in [0.29, 0.717) is 0 Å². The SMILES string of the molecule is COc1cc(N2CCN(CC3CC3c3ccc(C)cc3)CC2)ccc1Br. The summed E-state index contributed by atoms with van der Waals surface area (Å²) in [4.78, 5) is 5.11. The quantitative estimate of drug-likeness (QED) is 0.705. The Bertz CT molecular complexity index is 753. The number of halogens is 1. The first-order valence-corrected chi connectivity index (χ1v) is 10.3. The molecule has 1 aliphatic heterocycles. The van der Waals surface area contributed by atoms with Gasteiger partial charge in [0.25, 0.3) is 0 Å². The van der Waals surface area contributed by atoms with Crippen molar-refractivity contribution in [2.45, 2.75) is 19.3 Å². The summed E-state index contributed by atoms with van der Waals surface area (Å²) in [6.45, 7) is 7.88. The number of ether oxygens (including phenoxy) is 1. The van der Waals surface area contributed by atoms with Crippen molar-refractivity contribution in [2.24, 2.45) is 5.92 Å². The predicted octanol–water partition coefficient (Wildman–Crippen LogP) is 4.69. The molecule has 2 unspecified atom stereocenters. The van der Waals surface area contributed by atoms with E-state index in [1.54, 1.807) is 7.11 Å². The third kappa shape index (κ3) is 3.91. The van der Waals surface area contributed by atoms with Gasteiger partial charge in [0.2, 0.25) is 0 Å². The van der Waals surface area contributed by atoms with E-state index in [1.807, 2.05) is 0 Å². The van der Waals surface area contributed by atoms with E-state index in [1.165, 1.54) is 29.8 Å². The molecule has 1 saturated carbocycles. The molecule has 4 heteroatoms. The maximum atomic E-state index is 5.44. The molecule has 0 aromatic heterocycles. The molecule has 1 aliphatic carbocycles. The molecule has 2 aromatic rings. The molecule has 138 valence electrons. The van der Waals surface area contributed by atoms with Gasteiger partial charge in [-0.05, 0) is 58.8 Å². The Kier molecular flexibility index (Phi) is 5.23. The fourth-order valence-electron chi connectivity index (χ4n) is 4.04. The van der Waals surface area contributed by atoms with Crippen molar-refractivity contribution in [3.63, 3.8) is 0 Å². The molecular weight excluding hydrogens is 388 g/mol. The predicted molar refractivity (Wildman–Crippen MR) is 111 cm³/mol. The van der Waals surface area contributed by atoms with Crippen LogP contribution >= 0.6 is 15.9 Å². The number of hydrogen-bond acceptors (Lipinski definition) is 3. The largest absolute Gasteiger partial charge is 0.495 e. The first kappa shape index (κ1) is 17.9. The minimum Gasteiger partial charge on any atom is -0.495 e. The van der Waals surface area contributed by atoms with Crippen LogP contribution in [-0.4, -0.2) is 44.7 Å². The maximum absolute atomic E-state index is 5.44. The van der Waals surface area contributed by atoms with Gasteiger partial charge in [-0.2, -0.15) is 0 Å². The summed E-state index contributed by atoms with van der Waals surface area (Å²) in [5.41, 5.74) is 4.14. The zero-order chi connectivity index (χ0) is 18.1. The number of aryl methyl sites for hydroxylation is 1. The van der Waals surface area contributed by atoms with Gasteiger partial charge in [0.15, 0.2) is 0 Å². The van der Waals surface area contributed by atoms with Crippen LogP contribution in [0, 0.1) is 12.8 Å². The molecule has 26 heavy (non-hydrogen) atoms. The van der Waals surface area contributed by atoms with Gasteiger partial charge in [-0.25, -0.2) is 0 Å². The van der Waals surface area contributed by atoms with Crippen LogP contribution in [0.1, 0.15) is 23.5 Å². The topological polar surface area (TPSA) is 15.7 Å². The van der Waals surface area contributed by atoms with Crippen LogP contribution < -0.4 is 9.64 Å². The summed E-state index contributed by atoms with van der Waals surface area (Å²) in [7, 11) is 1.72. The van der Waals surface area contributed by atoms with Gasteiger partial charge in [0.05, 0.1) is 11.6 Å². The van der Waals surface area contributed by atoms with Crippen LogP contribution in [0.4, 0.5) is 5.69 Å². The van der Waals surface area contributed by atoms with E-state index >= 15 is 0 Å². The molecular formula is C22H27BrN2O. The van der Waals surface area contributed by atoms with Crippen molar-refractivity contribution >= 4 is 21.6 Å². The zero-order valence-corrected chi connectivity index (χ0v) is 17.2. The summed E-state index contributed by atoms with van der Waals surface area (Å²) < 4.78 is 6.45. The molecule has 0 bridgehead atoms. The molecule has 2 atom stereocenters. The van der Waals surface area contributed by atoms with Crippen LogP contribution in [0.3, 0.4) is 0 Å². The first-order chi connectivity index (χ1) is 12.6. The number of rotatable bonds is 5. The average Bonchev–Trinajstić information content (AvgIpc) is 3.42. The Morgan fingerprint density at radius 1 is 1.04 bits per heavy atom. The number of anilines is 1. The maximum Gasteiger partial charge on any atom is 0.135 e. The van der Waals surface area contributed by atoms with Gasteiger partial charge < -0.3 is 9.64 Å². The van der Waals surface area contributed by atoms with Crippen LogP contribution in [0.15, 0.2) is 46.9 Å². The molecule has 0 radical (unpaired) electrons. The summed E-state index contributed by atoms with van der Waals surface area (Å²) in [5.74, 6) is 2.53. The number of benzene rings is 2. The summed E-state index contributed by atoms with van der Waals surface area (Å²) in [6, 6.07) is 15.5. The second kappa shape index (κ2) is 7.61. The van der Waals surface area contributed by atoms with Crippen molar-refractivity contribution in [2.75, 3.05) is 44.7 Å². The lowest BCUT2D eigenvalue weighted by atomic mass is 10.1. The lowest BCUT2D eigenvalue weighted by Crippen LogP contribution is -2.47. The van der Waals surface area contributed by atoms with E-state index < -0.39 is 0 Å². The molecule has 0 N–H and O–H groups in total. The third-order valence-electron chi connectivity index (χ3n) is 5.79.